The number of hydrogen-bond acceptors (Lipinski definition) is 2. The van der Waals surface area contributed by atoms with Gasteiger partial charge in [-0.25, -0.2) is 0 Å². The molecule has 3 nitrogen and oxygen atoms in total. The van der Waals surface area contributed by atoms with E-state index in [9.17, 15) is 4.79 Å². The van der Waals surface area contributed by atoms with Gasteiger partial charge in [0.2, 0.25) is 5.91 Å². The minimum atomic E-state index is 0.0148. The predicted molar refractivity (Wildman–Crippen MR) is 100 cm³/mol. The number of benzene rings is 2. The van der Waals surface area contributed by atoms with Crippen molar-refractivity contribution in [2.45, 2.75) is 26.2 Å². The van der Waals surface area contributed by atoms with E-state index in [1.165, 1.54) is 12.5 Å². The maximum Gasteiger partial charge on any atom is 0.216 e. The molecule has 0 aliphatic carbocycles. The van der Waals surface area contributed by atoms with Crippen LogP contribution in [0.25, 0.3) is 0 Å². The van der Waals surface area contributed by atoms with Crippen molar-refractivity contribution in [1.29, 1.82) is 0 Å². The van der Waals surface area contributed by atoms with Crippen LogP contribution in [0.15, 0.2) is 51.4 Å². The largest absolute Gasteiger partial charge is 0.456 e. The molecule has 0 spiro atoms. The van der Waals surface area contributed by atoms with Crippen LogP contribution in [0, 0.1) is 0 Å². The number of ether oxygens (including phenoxy) is 1. The molecular weight excluding hydrogens is 422 g/mol. The normalized spacial score (nSPS) is 11.8. The Kier molecular flexibility index (Phi) is 6.66. The first-order chi connectivity index (χ1) is 11.0. The van der Waals surface area contributed by atoms with Crippen LogP contribution in [0.3, 0.4) is 0 Å². The summed E-state index contributed by atoms with van der Waals surface area (Å²) in [5, 5.41) is 2.83. The molecular formula is C18H19Br2NO2. The van der Waals surface area contributed by atoms with Gasteiger partial charge >= 0.3 is 0 Å². The van der Waals surface area contributed by atoms with Crippen molar-refractivity contribution in [3.05, 3.63) is 57.0 Å². The van der Waals surface area contributed by atoms with Gasteiger partial charge in [-0.15, -0.1) is 0 Å². The van der Waals surface area contributed by atoms with Crippen molar-refractivity contribution in [3.8, 4) is 11.5 Å². The molecule has 1 amide bonds. The van der Waals surface area contributed by atoms with Crippen LogP contribution >= 0.6 is 31.9 Å². The summed E-state index contributed by atoms with van der Waals surface area (Å²) >= 11 is 6.92. The molecule has 0 bridgehead atoms. The van der Waals surface area contributed by atoms with Gasteiger partial charge in [-0.1, -0.05) is 35.0 Å². The van der Waals surface area contributed by atoms with Crippen LogP contribution in [0.5, 0.6) is 11.5 Å². The van der Waals surface area contributed by atoms with E-state index in [1.54, 1.807) is 0 Å². The van der Waals surface area contributed by atoms with Crippen molar-refractivity contribution in [2.75, 3.05) is 6.54 Å². The molecule has 2 aromatic rings. The highest BCUT2D eigenvalue weighted by Gasteiger charge is 2.07. The Morgan fingerprint density at radius 1 is 1.17 bits per heavy atom. The summed E-state index contributed by atoms with van der Waals surface area (Å²) < 4.78 is 7.79. The van der Waals surface area contributed by atoms with E-state index >= 15 is 0 Å². The summed E-state index contributed by atoms with van der Waals surface area (Å²) in [5.41, 5.74) is 1.23. The fraction of sp³-hybridized carbons (Fsp3) is 0.278. The molecule has 5 heteroatoms. The lowest BCUT2D eigenvalue weighted by Gasteiger charge is -2.13. The van der Waals surface area contributed by atoms with Crippen LogP contribution in [0.1, 0.15) is 31.7 Å². The average molecular weight is 441 g/mol. The van der Waals surface area contributed by atoms with Crippen LogP contribution in [0.4, 0.5) is 0 Å². The zero-order chi connectivity index (χ0) is 16.8. The molecule has 1 N–H and O–H groups in total. The lowest BCUT2D eigenvalue weighted by Crippen LogP contribution is -2.22. The minimum Gasteiger partial charge on any atom is -0.456 e. The Labute approximate surface area is 153 Å². The Morgan fingerprint density at radius 2 is 1.87 bits per heavy atom. The third kappa shape index (κ3) is 5.66. The molecule has 0 aromatic heterocycles. The first-order valence-corrected chi connectivity index (χ1v) is 9.01. The number of carbonyl (C=O) groups is 1. The SMILES string of the molecule is CC(=O)NCCC(C)c1ccc(Oc2ccc(Br)cc2Br)cc1. The summed E-state index contributed by atoms with van der Waals surface area (Å²) in [6.45, 7) is 4.39. The molecule has 1 unspecified atom stereocenters. The Balaban J connectivity index is 1.97. The third-order valence-corrected chi connectivity index (χ3v) is 4.64. The quantitative estimate of drug-likeness (QED) is 0.631. The van der Waals surface area contributed by atoms with Gasteiger partial charge in [-0.2, -0.15) is 0 Å². The molecule has 0 aliphatic rings. The maximum absolute atomic E-state index is 10.9. The van der Waals surface area contributed by atoms with E-state index in [1.807, 2.05) is 30.3 Å². The van der Waals surface area contributed by atoms with Gasteiger partial charge in [0.1, 0.15) is 11.5 Å². The molecule has 2 aromatic carbocycles. The van der Waals surface area contributed by atoms with Gasteiger partial charge < -0.3 is 10.1 Å². The standard InChI is InChI=1S/C18H19Br2NO2/c1-12(9-10-21-13(2)22)14-3-6-16(7-4-14)23-18-8-5-15(19)11-17(18)20/h3-8,11-12H,9-10H2,1-2H3,(H,21,22). The second-order valence-electron chi connectivity index (χ2n) is 5.42. The van der Waals surface area contributed by atoms with Crippen molar-refractivity contribution < 1.29 is 9.53 Å². The molecule has 0 saturated carbocycles. The molecule has 2 rings (SSSR count). The van der Waals surface area contributed by atoms with Gasteiger partial charge in [0.05, 0.1) is 4.47 Å². The van der Waals surface area contributed by atoms with Gasteiger partial charge in [0, 0.05) is 17.9 Å². The van der Waals surface area contributed by atoms with Crippen LogP contribution < -0.4 is 10.1 Å². The first-order valence-electron chi connectivity index (χ1n) is 7.43. The van der Waals surface area contributed by atoms with Crippen molar-refractivity contribution >= 4 is 37.8 Å². The second kappa shape index (κ2) is 8.50. The zero-order valence-corrected chi connectivity index (χ0v) is 16.3. The molecule has 0 aliphatic heterocycles. The average Bonchev–Trinajstić information content (AvgIpc) is 2.50. The smallest absolute Gasteiger partial charge is 0.216 e. The van der Waals surface area contributed by atoms with E-state index in [2.05, 4.69) is 56.2 Å². The maximum atomic E-state index is 10.9. The summed E-state index contributed by atoms with van der Waals surface area (Å²) in [7, 11) is 0. The molecule has 0 heterocycles. The molecule has 1 atom stereocenters. The molecule has 0 radical (unpaired) electrons. The van der Waals surface area contributed by atoms with Gasteiger partial charge in [-0.3, -0.25) is 4.79 Å². The highest BCUT2D eigenvalue weighted by Crippen LogP contribution is 2.32. The van der Waals surface area contributed by atoms with E-state index in [-0.39, 0.29) is 5.91 Å². The lowest BCUT2D eigenvalue weighted by atomic mass is 9.98. The monoisotopic (exact) mass is 439 g/mol. The summed E-state index contributed by atoms with van der Waals surface area (Å²) in [6, 6.07) is 13.9. The van der Waals surface area contributed by atoms with Gasteiger partial charge in [-0.05, 0) is 64.2 Å². The highest BCUT2D eigenvalue weighted by molar-refractivity contribution is 9.11. The molecule has 0 fully saturated rings. The molecule has 23 heavy (non-hydrogen) atoms. The number of amides is 1. The Morgan fingerprint density at radius 3 is 2.48 bits per heavy atom. The number of nitrogens with one attached hydrogen (secondary N) is 1. The summed E-state index contributed by atoms with van der Waals surface area (Å²) in [6.07, 6.45) is 0.915. The Bertz CT molecular complexity index is 671. The number of carbonyl (C=O) groups excluding carboxylic acids is 1. The fourth-order valence-electron chi connectivity index (χ4n) is 2.18. The van der Waals surface area contributed by atoms with E-state index in [0.29, 0.717) is 12.5 Å². The topological polar surface area (TPSA) is 38.3 Å². The van der Waals surface area contributed by atoms with Crippen molar-refractivity contribution in [1.82, 2.24) is 5.32 Å². The van der Waals surface area contributed by atoms with Crippen LogP contribution in [-0.4, -0.2) is 12.5 Å². The van der Waals surface area contributed by atoms with Gasteiger partial charge in [0.25, 0.3) is 0 Å². The lowest BCUT2D eigenvalue weighted by molar-refractivity contribution is -0.118. The fourth-order valence-corrected chi connectivity index (χ4v) is 3.31. The summed E-state index contributed by atoms with van der Waals surface area (Å²) in [4.78, 5) is 10.9. The van der Waals surface area contributed by atoms with Gasteiger partial charge in [0.15, 0.2) is 0 Å². The number of rotatable bonds is 6. The number of hydrogen-bond donors (Lipinski definition) is 1. The highest BCUT2D eigenvalue weighted by atomic mass is 79.9. The van der Waals surface area contributed by atoms with Crippen molar-refractivity contribution in [3.63, 3.8) is 0 Å². The van der Waals surface area contributed by atoms with Crippen LogP contribution in [-0.2, 0) is 4.79 Å². The third-order valence-electron chi connectivity index (χ3n) is 3.52. The second-order valence-corrected chi connectivity index (χ2v) is 7.19. The Hall–Kier alpha value is -1.33. The van der Waals surface area contributed by atoms with E-state index < -0.39 is 0 Å². The molecule has 0 saturated heterocycles. The molecule has 122 valence electrons. The summed E-state index contributed by atoms with van der Waals surface area (Å²) in [5.74, 6) is 1.97. The minimum absolute atomic E-state index is 0.0148. The van der Waals surface area contributed by atoms with Crippen molar-refractivity contribution in [2.24, 2.45) is 0 Å². The zero-order valence-electron chi connectivity index (χ0n) is 13.1. The van der Waals surface area contributed by atoms with Crippen LogP contribution in [0.2, 0.25) is 0 Å². The number of halogens is 2. The van der Waals surface area contributed by atoms with E-state index in [4.69, 9.17) is 4.74 Å². The van der Waals surface area contributed by atoms with E-state index in [0.717, 1.165) is 26.9 Å². The first kappa shape index (κ1) is 18.0. The predicted octanol–water partition coefficient (Wildman–Crippen LogP) is 5.63.